The second kappa shape index (κ2) is 40.1. The van der Waals surface area contributed by atoms with Crippen LogP contribution in [-0.4, -0.2) is 105 Å². The molecule has 0 fully saturated rings. The summed E-state index contributed by atoms with van der Waals surface area (Å²) in [6.07, 6.45) is 0.857. The minimum Gasteiger partial charge on any atom is -0.489 e. The number of primary amides is 3. The fourth-order valence-electron chi connectivity index (χ4n) is 8.24. The van der Waals surface area contributed by atoms with Crippen LogP contribution >= 0.6 is 0 Å². The SMILES string of the molecule is CC(c1ccc(OCc2ccccc2)cc1)N(O)C(N)=O.CC(c1ccc(OCc2ccccc2)cc1)N(O)C(N)=O.CCCC(=O)ON(C(N)=O)C(C)c1ccc(OCc2ccccc2)cc1.CCN(CC)CC.CC[N+](CC)(CC)CC. The molecule has 6 aromatic carbocycles. The second-order valence-corrected chi connectivity index (χ2v) is 19.5. The highest BCUT2D eigenvalue weighted by atomic mass is 16.7. The number of carbonyl (C=O) groups excluding carboxylic acids is 4. The van der Waals surface area contributed by atoms with Gasteiger partial charge in [-0.2, -0.15) is 10.1 Å². The van der Waals surface area contributed by atoms with Crippen LogP contribution in [0.2, 0.25) is 0 Å². The van der Waals surface area contributed by atoms with E-state index in [0.29, 0.717) is 42.1 Å². The van der Waals surface area contributed by atoms with Crippen LogP contribution in [0.3, 0.4) is 0 Å². The quantitative estimate of drug-likeness (QED) is 0.0217. The van der Waals surface area contributed by atoms with E-state index in [0.717, 1.165) is 49.9 Å². The predicted octanol–water partition coefficient (Wildman–Crippen LogP) is 13.4. The molecule has 6 amide bonds. The number of hydroxylamine groups is 6. The van der Waals surface area contributed by atoms with Gasteiger partial charge in [0, 0.05) is 6.42 Å². The number of benzene rings is 6. The summed E-state index contributed by atoms with van der Waals surface area (Å²) in [6.45, 7) is 32.8. The van der Waals surface area contributed by atoms with Crippen LogP contribution in [0.1, 0.15) is 141 Å². The van der Waals surface area contributed by atoms with Crippen LogP contribution < -0.4 is 31.4 Å². The molecular formula is C66H95N8O10+. The predicted molar refractivity (Wildman–Crippen MR) is 332 cm³/mol. The van der Waals surface area contributed by atoms with Crippen molar-refractivity contribution in [1.29, 1.82) is 0 Å². The molecule has 0 saturated carbocycles. The summed E-state index contributed by atoms with van der Waals surface area (Å²) >= 11 is 0. The molecule has 6 aromatic rings. The van der Waals surface area contributed by atoms with E-state index in [-0.39, 0.29) is 6.42 Å². The van der Waals surface area contributed by atoms with E-state index in [1.165, 1.54) is 50.3 Å². The zero-order chi connectivity index (χ0) is 62.5. The molecule has 0 spiro atoms. The number of rotatable bonds is 24. The molecule has 0 bridgehead atoms. The van der Waals surface area contributed by atoms with Gasteiger partial charge in [-0.1, -0.05) is 155 Å². The first-order chi connectivity index (χ1) is 40.2. The zero-order valence-corrected chi connectivity index (χ0v) is 51.4. The zero-order valence-electron chi connectivity index (χ0n) is 51.4. The Kier molecular flexibility index (Phi) is 34.4. The monoisotopic (exact) mass is 1160 g/mol. The molecule has 18 heteroatoms. The van der Waals surface area contributed by atoms with Crippen molar-refractivity contribution in [2.45, 2.75) is 127 Å². The number of quaternary nitrogens is 1. The van der Waals surface area contributed by atoms with Crippen LogP contribution in [0.5, 0.6) is 17.2 Å². The molecule has 0 saturated heterocycles. The van der Waals surface area contributed by atoms with E-state index in [1.54, 1.807) is 69.3 Å². The molecule has 0 heterocycles. The van der Waals surface area contributed by atoms with E-state index in [4.69, 9.17) is 36.2 Å². The molecule has 0 aliphatic rings. The average molecular weight is 1160 g/mol. The summed E-state index contributed by atoms with van der Waals surface area (Å²) in [4.78, 5) is 52.6. The van der Waals surface area contributed by atoms with Gasteiger partial charge in [0.15, 0.2) is 0 Å². The Morgan fingerprint density at radius 3 is 0.929 bits per heavy atom. The molecule has 8 N–H and O–H groups in total. The Balaban J connectivity index is 0.000000382. The third-order valence-corrected chi connectivity index (χ3v) is 14.3. The lowest BCUT2D eigenvalue weighted by molar-refractivity contribution is -0.921. The minimum atomic E-state index is -0.882. The number of amides is 6. The Morgan fingerprint density at radius 2 is 0.714 bits per heavy atom. The Labute approximate surface area is 499 Å². The molecule has 3 atom stereocenters. The lowest BCUT2D eigenvalue weighted by atomic mass is 10.1. The standard InChI is InChI=1S/C20H24N2O4.2C16H18N2O3.C8H20N.C6H15N/c1-3-7-19(23)26-22(20(21)24)15(2)17-10-12-18(13-11-17)25-14-16-8-5-4-6-9-16;2*1-12(18(20)16(17)19)14-7-9-15(10-8-14)21-11-13-5-3-2-4-6-13;1-5-9(6-2,7-3)8-4;1-4-7(5-2)6-3/h4-6,8-13,15H,3,7,14H2,1-2H3,(H2,21,24);2*2-10,12,20H,11H2,1H3,(H2,17,19);5-8H2,1-4H3;4-6H2,1-3H3/q;;;+1;. The molecule has 0 aliphatic heterocycles. The first-order valence-corrected chi connectivity index (χ1v) is 29.0. The lowest BCUT2D eigenvalue weighted by Crippen LogP contribution is -2.47. The van der Waals surface area contributed by atoms with E-state index in [2.05, 4.69) is 53.4 Å². The molecule has 458 valence electrons. The topological polar surface area (TPSA) is 237 Å². The number of carbonyl (C=O) groups is 4. The maximum absolute atomic E-state index is 11.7. The summed E-state index contributed by atoms with van der Waals surface area (Å²) in [5.74, 6) is 1.66. The van der Waals surface area contributed by atoms with Crippen molar-refractivity contribution in [1.82, 2.24) is 20.1 Å². The summed E-state index contributed by atoms with van der Waals surface area (Å²) in [5, 5.41) is 20.9. The summed E-state index contributed by atoms with van der Waals surface area (Å²) in [5.41, 5.74) is 21.0. The fourth-order valence-corrected chi connectivity index (χ4v) is 8.24. The average Bonchev–Trinajstić information content (AvgIpc) is 3.62. The van der Waals surface area contributed by atoms with Gasteiger partial charge in [0.25, 0.3) is 0 Å². The maximum atomic E-state index is 11.7. The van der Waals surface area contributed by atoms with Crippen LogP contribution in [0.25, 0.3) is 0 Å². The van der Waals surface area contributed by atoms with Crippen molar-refractivity contribution in [3.8, 4) is 17.2 Å². The lowest BCUT2D eigenvalue weighted by Gasteiger charge is -2.34. The van der Waals surface area contributed by atoms with Crippen molar-refractivity contribution in [3.63, 3.8) is 0 Å². The Bertz CT molecular complexity index is 2590. The van der Waals surface area contributed by atoms with Crippen LogP contribution in [0.15, 0.2) is 164 Å². The summed E-state index contributed by atoms with van der Waals surface area (Å²) in [6, 6.07) is 47.1. The normalized spacial score (nSPS) is 11.5. The minimum absolute atomic E-state index is 0.225. The first-order valence-electron chi connectivity index (χ1n) is 29.0. The smallest absolute Gasteiger partial charge is 0.348 e. The highest BCUT2D eigenvalue weighted by molar-refractivity contribution is 5.76. The van der Waals surface area contributed by atoms with Crippen LogP contribution in [0.4, 0.5) is 14.4 Å². The molecule has 18 nitrogen and oxygen atoms in total. The van der Waals surface area contributed by atoms with Gasteiger partial charge in [0.2, 0.25) is 0 Å². The van der Waals surface area contributed by atoms with Gasteiger partial charge >= 0.3 is 24.1 Å². The maximum Gasteiger partial charge on any atom is 0.348 e. The molecule has 3 unspecified atom stereocenters. The number of nitrogens with zero attached hydrogens (tertiary/aromatic N) is 5. The van der Waals surface area contributed by atoms with Crippen molar-refractivity contribution in [3.05, 3.63) is 197 Å². The largest absolute Gasteiger partial charge is 0.489 e. The molecule has 6 rings (SSSR count). The highest BCUT2D eigenvalue weighted by Gasteiger charge is 2.24. The summed E-state index contributed by atoms with van der Waals surface area (Å²) < 4.78 is 18.4. The molecule has 0 radical (unpaired) electrons. The van der Waals surface area contributed by atoms with Crippen LogP contribution in [-0.2, 0) is 29.5 Å². The van der Waals surface area contributed by atoms with Gasteiger partial charge in [-0.15, -0.1) is 5.06 Å². The third kappa shape index (κ3) is 26.4. The van der Waals surface area contributed by atoms with Crippen molar-refractivity contribution in [2.75, 3.05) is 45.8 Å². The van der Waals surface area contributed by atoms with Crippen molar-refractivity contribution < 1.29 is 53.1 Å². The van der Waals surface area contributed by atoms with Gasteiger partial charge in [-0.3, -0.25) is 10.4 Å². The van der Waals surface area contributed by atoms with Crippen LogP contribution in [0, 0.1) is 0 Å². The Morgan fingerprint density at radius 1 is 0.429 bits per heavy atom. The van der Waals surface area contributed by atoms with Crippen molar-refractivity contribution >= 4 is 24.1 Å². The molecular weight excluding hydrogens is 1060 g/mol. The van der Waals surface area contributed by atoms with Gasteiger partial charge in [-0.05, 0) is 144 Å². The number of hydrogen-bond acceptors (Lipinski definition) is 11. The third-order valence-electron chi connectivity index (χ3n) is 14.3. The number of ether oxygens (including phenoxy) is 3. The second-order valence-electron chi connectivity index (χ2n) is 19.5. The Hall–Kier alpha value is -8.16. The molecule has 0 aromatic heterocycles. The number of urea groups is 3. The summed E-state index contributed by atoms with van der Waals surface area (Å²) in [7, 11) is 0. The van der Waals surface area contributed by atoms with Gasteiger partial charge in [-0.25, -0.2) is 19.2 Å². The molecule has 84 heavy (non-hydrogen) atoms. The van der Waals surface area contributed by atoms with E-state index < -0.39 is 42.2 Å². The number of nitrogens with two attached hydrogens (primary N) is 3. The van der Waals surface area contributed by atoms with E-state index in [1.807, 2.05) is 122 Å². The molecule has 0 aliphatic carbocycles. The highest BCUT2D eigenvalue weighted by Crippen LogP contribution is 2.26. The van der Waals surface area contributed by atoms with Gasteiger partial charge < -0.3 is 45.6 Å². The van der Waals surface area contributed by atoms with E-state index >= 15 is 0 Å². The first kappa shape index (κ1) is 71.9. The van der Waals surface area contributed by atoms with Crippen molar-refractivity contribution in [2.24, 2.45) is 17.2 Å². The number of hydrogen-bond donors (Lipinski definition) is 5. The van der Waals surface area contributed by atoms with E-state index in [9.17, 15) is 29.6 Å². The fraction of sp³-hybridized carbons (Fsp3) is 0.394. The van der Waals surface area contributed by atoms with Gasteiger partial charge in [0.1, 0.15) is 37.1 Å². The van der Waals surface area contributed by atoms with Gasteiger partial charge in [0.05, 0.1) is 44.3 Å².